The summed E-state index contributed by atoms with van der Waals surface area (Å²) >= 11 is 2.21. The van der Waals surface area contributed by atoms with Crippen molar-refractivity contribution in [1.29, 1.82) is 0 Å². The average molecular weight is 305 g/mol. The molecule has 1 N–H and O–H groups in total. The van der Waals surface area contributed by atoms with E-state index < -0.39 is 5.60 Å². The van der Waals surface area contributed by atoms with E-state index in [9.17, 15) is 5.11 Å². The monoisotopic (exact) mass is 305 g/mol. The van der Waals surface area contributed by atoms with Gasteiger partial charge in [-0.3, -0.25) is 0 Å². The summed E-state index contributed by atoms with van der Waals surface area (Å²) in [6.07, 6.45) is 4.13. The van der Waals surface area contributed by atoms with Crippen LogP contribution >= 0.6 is 22.6 Å². The third kappa shape index (κ3) is 1.98. The van der Waals surface area contributed by atoms with Crippen molar-refractivity contribution in [3.8, 4) is 0 Å². The number of β-amino-alcohol motifs (C(OH)–C–C–N with tert-alkyl or cyclic N) is 1. The second kappa shape index (κ2) is 3.62. The van der Waals surface area contributed by atoms with E-state index in [-0.39, 0.29) is 0 Å². The highest BCUT2D eigenvalue weighted by Crippen LogP contribution is 2.27. The van der Waals surface area contributed by atoms with Crippen LogP contribution in [0.15, 0.2) is 12.5 Å². The maximum absolute atomic E-state index is 9.83. The van der Waals surface area contributed by atoms with Crippen molar-refractivity contribution in [2.75, 3.05) is 18.0 Å². The van der Waals surface area contributed by atoms with Crippen LogP contribution in [-0.4, -0.2) is 33.8 Å². The van der Waals surface area contributed by atoms with Crippen molar-refractivity contribution in [3.63, 3.8) is 0 Å². The van der Waals surface area contributed by atoms with Gasteiger partial charge in [0.2, 0.25) is 0 Å². The topological polar surface area (TPSA) is 49.2 Å². The van der Waals surface area contributed by atoms with E-state index in [0.29, 0.717) is 6.54 Å². The zero-order valence-electron chi connectivity index (χ0n) is 7.94. The predicted molar refractivity (Wildman–Crippen MR) is 62.2 cm³/mol. The molecule has 14 heavy (non-hydrogen) atoms. The van der Waals surface area contributed by atoms with Gasteiger partial charge in [-0.15, -0.1) is 0 Å². The molecule has 1 fully saturated rings. The minimum atomic E-state index is -0.575. The van der Waals surface area contributed by atoms with Crippen molar-refractivity contribution in [1.82, 2.24) is 9.97 Å². The summed E-state index contributed by atoms with van der Waals surface area (Å²) in [5.74, 6) is 0.929. The van der Waals surface area contributed by atoms with E-state index in [2.05, 4.69) is 37.5 Å². The number of rotatable bonds is 1. The average Bonchev–Trinajstić information content (AvgIpc) is 2.47. The minimum Gasteiger partial charge on any atom is -0.388 e. The maximum atomic E-state index is 9.83. The smallest absolute Gasteiger partial charge is 0.145 e. The molecule has 1 saturated heterocycles. The number of nitrogens with zero attached hydrogens (tertiary/aromatic N) is 3. The molecule has 4 nitrogen and oxygen atoms in total. The summed E-state index contributed by atoms with van der Waals surface area (Å²) in [6, 6.07) is 0. The Morgan fingerprint density at radius 1 is 1.64 bits per heavy atom. The fraction of sp³-hybridized carbons (Fsp3) is 0.556. The Morgan fingerprint density at radius 3 is 3.00 bits per heavy atom. The summed E-state index contributed by atoms with van der Waals surface area (Å²) in [4.78, 5) is 10.3. The van der Waals surface area contributed by atoms with E-state index in [1.165, 1.54) is 0 Å². The Labute approximate surface area is 96.5 Å². The van der Waals surface area contributed by atoms with Crippen LogP contribution < -0.4 is 4.90 Å². The molecule has 1 aliphatic rings. The summed E-state index contributed by atoms with van der Waals surface area (Å²) in [5.41, 5.74) is -0.575. The molecular formula is C9H12IN3O. The second-order valence-electron chi connectivity index (χ2n) is 3.86. The lowest BCUT2D eigenvalue weighted by atomic mass is 10.1. The Balaban J connectivity index is 2.22. The quantitative estimate of drug-likeness (QED) is 0.788. The summed E-state index contributed by atoms with van der Waals surface area (Å²) < 4.78 is 1.03. The molecule has 0 saturated carbocycles. The third-order valence-corrected chi connectivity index (χ3v) is 3.16. The first-order chi connectivity index (χ1) is 6.58. The van der Waals surface area contributed by atoms with E-state index in [4.69, 9.17) is 0 Å². The van der Waals surface area contributed by atoms with E-state index in [1.54, 1.807) is 12.5 Å². The number of hydrogen-bond donors (Lipinski definition) is 1. The zero-order chi connectivity index (χ0) is 10.2. The molecular weight excluding hydrogens is 293 g/mol. The van der Waals surface area contributed by atoms with Gasteiger partial charge in [0.25, 0.3) is 0 Å². The van der Waals surface area contributed by atoms with Gasteiger partial charge >= 0.3 is 0 Å². The zero-order valence-corrected chi connectivity index (χ0v) is 10.1. The third-order valence-electron chi connectivity index (χ3n) is 2.40. The normalized spacial score (nSPS) is 26.9. The SMILES string of the molecule is C[C@@]1(O)CCN(c2ncncc2I)C1. The molecule has 0 amide bonds. The van der Waals surface area contributed by atoms with Gasteiger partial charge in [-0.1, -0.05) is 0 Å². The molecule has 76 valence electrons. The largest absolute Gasteiger partial charge is 0.388 e. The lowest BCUT2D eigenvalue weighted by Gasteiger charge is -2.20. The van der Waals surface area contributed by atoms with E-state index >= 15 is 0 Å². The van der Waals surface area contributed by atoms with Crippen LogP contribution in [0.4, 0.5) is 5.82 Å². The van der Waals surface area contributed by atoms with Crippen molar-refractivity contribution >= 4 is 28.4 Å². The first-order valence-corrected chi connectivity index (χ1v) is 5.59. The molecule has 1 aliphatic heterocycles. The molecule has 0 spiro atoms. The molecule has 1 aromatic heterocycles. The highest BCUT2D eigenvalue weighted by molar-refractivity contribution is 14.1. The molecule has 1 aromatic rings. The molecule has 2 heterocycles. The van der Waals surface area contributed by atoms with Crippen molar-refractivity contribution < 1.29 is 5.11 Å². The first-order valence-electron chi connectivity index (χ1n) is 4.51. The maximum Gasteiger partial charge on any atom is 0.145 e. The van der Waals surface area contributed by atoms with Crippen LogP contribution in [-0.2, 0) is 0 Å². The fourth-order valence-electron chi connectivity index (χ4n) is 1.66. The van der Waals surface area contributed by atoms with Crippen LogP contribution in [0, 0.1) is 3.57 Å². The highest BCUT2D eigenvalue weighted by Gasteiger charge is 2.32. The van der Waals surface area contributed by atoms with E-state index in [0.717, 1.165) is 22.4 Å². The minimum absolute atomic E-state index is 0.575. The summed E-state index contributed by atoms with van der Waals surface area (Å²) in [5, 5.41) is 9.83. The summed E-state index contributed by atoms with van der Waals surface area (Å²) in [6.45, 7) is 3.38. The van der Waals surface area contributed by atoms with Gasteiger partial charge in [0, 0.05) is 19.3 Å². The first kappa shape index (κ1) is 10.1. The number of aromatic nitrogens is 2. The van der Waals surface area contributed by atoms with E-state index in [1.807, 2.05) is 6.92 Å². The number of halogens is 1. The molecule has 0 bridgehead atoms. The number of hydrogen-bond acceptors (Lipinski definition) is 4. The predicted octanol–water partition coefficient (Wildman–Crippen LogP) is 1.04. The Morgan fingerprint density at radius 2 is 2.43 bits per heavy atom. The van der Waals surface area contributed by atoms with Crippen LogP contribution in [0.2, 0.25) is 0 Å². The van der Waals surface area contributed by atoms with Gasteiger partial charge in [0.15, 0.2) is 0 Å². The van der Waals surface area contributed by atoms with Crippen molar-refractivity contribution in [3.05, 3.63) is 16.1 Å². The van der Waals surface area contributed by atoms with Crippen LogP contribution in [0.25, 0.3) is 0 Å². The lowest BCUT2D eigenvalue weighted by Crippen LogP contribution is -2.30. The molecule has 5 heteroatoms. The van der Waals surface area contributed by atoms with Gasteiger partial charge in [0.1, 0.15) is 12.1 Å². The van der Waals surface area contributed by atoms with Gasteiger partial charge in [-0.05, 0) is 35.9 Å². The second-order valence-corrected chi connectivity index (χ2v) is 5.02. The number of aliphatic hydroxyl groups is 1. The molecule has 0 aromatic carbocycles. The molecule has 2 rings (SSSR count). The van der Waals surface area contributed by atoms with Gasteiger partial charge in [-0.25, -0.2) is 9.97 Å². The van der Waals surface area contributed by atoms with Crippen molar-refractivity contribution in [2.45, 2.75) is 18.9 Å². The standard InChI is InChI=1S/C9H12IN3O/c1-9(14)2-3-13(5-9)8-7(10)4-11-6-12-8/h4,6,14H,2-3,5H2,1H3/t9-/m1/s1. The molecule has 0 radical (unpaired) electrons. The van der Waals surface area contributed by atoms with Crippen LogP contribution in [0.3, 0.4) is 0 Å². The van der Waals surface area contributed by atoms with Crippen LogP contribution in [0.1, 0.15) is 13.3 Å². The van der Waals surface area contributed by atoms with Gasteiger partial charge < -0.3 is 10.0 Å². The van der Waals surface area contributed by atoms with Gasteiger partial charge in [0.05, 0.1) is 9.17 Å². The molecule has 1 atom stereocenters. The number of anilines is 1. The van der Waals surface area contributed by atoms with Crippen LogP contribution in [0.5, 0.6) is 0 Å². The highest BCUT2D eigenvalue weighted by atomic mass is 127. The van der Waals surface area contributed by atoms with Gasteiger partial charge in [-0.2, -0.15) is 0 Å². The lowest BCUT2D eigenvalue weighted by molar-refractivity contribution is 0.0839. The summed E-state index contributed by atoms with van der Waals surface area (Å²) in [7, 11) is 0. The molecule has 0 unspecified atom stereocenters. The van der Waals surface area contributed by atoms with Crippen molar-refractivity contribution in [2.24, 2.45) is 0 Å². The Kier molecular flexibility index (Phi) is 2.61. The fourth-order valence-corrected chi connectivity index (χ4v) is 2.31. The Bertz CT molecular complexity index is 343. The Hall–Kier alpha value is -0.430. The molecule has 0 aliphatic carbocycles.